The number of carbonyl (C=O) groups is 3. The molecule has 2 amide bonds. The molecule has 2 aliphatic carbocycles. The smallest absolute Gasteiger partial charge is 0.407 e. The second-order valence-electron chi connectivity index (χ2n) is 8.73. The number of alkyl carbamates (subject to hydrolysis) is 1. The average molecular weight is 461 g/mol. The van der Waals surface area contributed by atoms with Crippen molar-refractivity contribution < 1.29 is 24.2 Å². The number of fused-ring (bicyclic) bond motifs is 3. The third-order valence-corrected chi connectivity index (χ3v) is 6.61. The van der Waals surface area contributed by atoms with Gasteiger partial charge >= 0.3 is 12.1 Å². The monoisotopic (exact) mass is 460 g/mol. The Kier molecular flexibility index (Phi) is 7.17. The fourth-order valence-corrected chi connectivity index (χ4v) is 5.05. The zero-order valence-corrected chi connectivity index (χ0v) is 18.9. The molecule has 176 valence electrons. The third kappa shape index (κ3) is 4.91. The molecule has 4 rings (SSSR count). The molecule has 34 heavy (non-hydrogen) atoms. The van der Waals surface area contributed by atoms with Crippen LogP contribution in [-0.4, -0.2) is 53.2 Å². The standard InChI is InChI=1S/C27H28N2O5/c1-2-9-24(26(32)29(16-25(30)31)18-10-3-4-11-18)28-27(33)34-17-23-21-14-7-5-12-19(21)20-13-6-8-15-22(20)23/h1,5-8,12-15,18,23-24H,3-4,9-11,16-17H2,(H,28,33)(H,30,31). The van der Waals surface area contributed by atoms with Gasteiger partial charge in [-0.3, -0.25) is 9.59 Å². The summed E-state index contributed by atoms with van der Waals surface area (Å²) in [4.78, 5) is 38.6. The van der Waals surface area contributed by atoms with E-state index >= 15 is 0 Å². The van der Waals surface area contributed by atoms with Gasteiger partial charge in [0.15, 0.2) is 0 Å². The predicted octanol–water partition coefficient (Wildman–Crippen LogP) is 3.77. The van der Waals surface area contributed by atoms with E-state index in [1.54, 1.807) is 0 Å². The number of carbonyl (C=O) groups excluding carboxylic acids is 2. The minimum Gasteiger partial charge on any atom is -0.480 e. The number of benzene rings is 2. The van der Waals surface area contributed by atoms with E-state index in [9.17, 15) is 19.5 Å². The maximum absolute atomic E-state index is 13.2. The molecule has 2 aromatic rings. The van der Waals surface area contributed by atoms with Crippen molar-refractivity contribution >= 4 is 18.0 Å². The van der Waals surface area contributed by atoms with Crippen molar-refractivity contribution in [3.05, 3.63) is 59.7 Å². The van der Waals surface area contributed by atoms with E-state index in [1.165, 1.54) is 4.90 Å². The fourth-order valence-electron chi connectivity index (χ4n) is 5.05. The highest BCUT2D eigenvalue weighted by Crippen LogP contribution is 2.44. The number of ether oxygens (including phenoxy) is 1. The zero-order chi connectivity index (χ0) is 24.1. The Hall–Kier alpha value is -3.79. The molecular formula is C27H28N2O5. The SMILES string of the molecule is C#CCC(NC(=O)OCC1c2ccccc2-c2ccccc21)C(=O)N(CC(=O)O)C1CCCC1. The fraction of sp³-hybridized carbons (Fsp3) is 0.370. The molecule has 0 aliphatic heterocycles. The van der Waals surface area contributed by atoms with Crippen LogP contribution in [0, 0.1) is 12.3 Å². The number of aliphatic carboxylic acids is 1. The van der Waals surface area contributed by atoms with Gasteiger partial charge in [0, 0.05) is 18.4 Å². The summed E-state index contributed by atoms with van der Waals surface area (Å²) in [6.45, 7) is -0.310. The predicted molar refractivity (Wildman–Crippen MR) is 127 cm³/mol. The summed E-state index contributed by atoms with van der Waals surface area (Å²) in [5, 5.41) is 11.9. The first-order valence-corrected chi connectivity index (χ1v) is 11.6. The molecule has 2 aromatic carbocycles. The summed E-state index contributed by atoms with van der Waals surface area (Å²) in [5.74, 6) is 0.720. The Morgan fingerprint density at radius 3 is 2.21 bits per heavy atom. The van der Waals surface area contributed by atoms with Crippen molar-refractivity contribution in [2.75, 3.05) is 13.2 Å². The second kappa shape index (κ2) is 10.4. The first-order valence-electron chi connectivity index (χ1n) is 11.6. The molecule has 0 radical (unpaired) electrons. The van der Waals surface area contributed by atoms with E-state index in [4.69, 9.17) is 11.2 Å². The molecule has 2 N–H and O–H groups in total. The van der Waals surface area contributed by atoms with Crippen molar-refractivity contribution in [3.63, 3.8) is 0 Å². The number of amides is 2. The molecule has 0 aromatic heterocycles. The molecule has 7 nitrogen and oxygen atoms in total. The van der Waals surface area contributed by atoms with Crippen LogP contribution in [0.2, 0.25) is 0 Å². The molecule has 1 fully saturated rings. The highest BCUT2D eigenvalue weighted by Gasteiger charge is 2.34. The van der Waals surface area contributed by atoms with Crippen LogP contribution in [0.4, 0.5) is 4.79 Å². The summed E-state index contributed by atoms with van der Waals surface area (Å²) in [6, 6.07) is 14.8. The number of nitrogens with one attached hydrogen (secondary N) is 1. The Morgan fingerprint density at radius 1 is 1.06 bits per heavy atom. The van der Waals surface area contributed by atoms with Crippen molar-refractivity contribution in [1.29, 1.82) is 0 Å². The lowest BCUT2D eigenvalue weighted by Gasteiger charge is -2.30. The Morgan fingerprint density at radius 2 is 1.65 bits per heavy atom. The van der Waals surface area contributed by atoms with Crippen LogP contribution in [0.5, 0.6) is 0 Å². The highest BCUT2D eigenvalue weighted by molar-refractivity contribution is 5.88. The summed E-state index contributed by atoms with van der Waals surface area (Å²) in [7, 11) is 0. The topological polar surface area (TPSA) is 95.9 Å². The summed E-state index contributed by atoms with van der Waals surface area (Å²) >= 11 is 0. The van der Waals surface area contributed by atoms with E-state index in [1.807, 2.05) is 36.4 Å². The van der Waals surface area contributed by atoms with Crippen LogP contribution < -0.4 is 5.32 Å². The van der Waals surface area contributed by atoms with Gasteiger partial charge in [-0.15, -0.1) is 12.3 Å². The number of carboxylic acids is 1. The van der Waals surface area contributed by atoms with Crippen LogP contribution in [0.25, 0.3) is 11.1 Å². The maximum Gasteiger partial charge on any atom is 0.407 e. The molecule has 1 atom stereocenters. The Labute approximate surface area is 199 Å². The lowest BCUT2D eigenvalue weighted by Crippen LogP contribution is -2.52. The lowest BCUT2D eigenvalue weighted by atomic mass is 9.98. The van der Waals surface area contributed by atoms with Crippen LogP contribution in [0.1, 0.15) is 49.1 Å². The zero-order valence-electron chi connectivity index (χ0n) is 18.9. The van der Waals surface area contributed by atoms with E-state index in [0.717, 1.165) is 47.9 Å². The highest BCUT2D eigenvalue weighted by atomic mass is 16.5. The van der Waals surface area contributed by atoms with E-state index in [-0.39, 0.29) is 25.0 Å². The van der Waals surface area contributed by atoms with Gasteiger partial charge in [0.05, 0.1) is 0 Å². The van der Waals surface area contributed by atoms with Gasteiger partial charge in [0.1, 0.15) is 19.2 Å². The number of nitrogens with zero attached hydrogens (tertiary/aromatic N) is 1. The summed E-state index contributed by atoms with van der Waals surface area (Å²) in [6.07, 6.45) is 8.01. The molecule has 0 spiro atoms. The third-order valence-electron chi connectivity index (χ3n) is 6.61. The van der Waals surface area contributed by atoms with E-state index in [0.29, 0.717) is 0 Å². The number of hydrogen-bond acceptors (Lipinski definition) is 4. The van der Waals surface area contributed by atoms with Crippen LogP contribution in [0.3, 0.4) is 0 Å². The first kappa shape index (κ1) is 23.4. The van der Waals surface area contributed by atoms with Crippen molar-refractivity contribution in [1.82, 2.24) is 10.2 Å². The Bertz CT molecular complexity index is 1070. The van der Waals surface area contributed by atoms with Gasteiger partial charge < -0.3 is 20.1 Å². The minimum absolute atomic E-state index is 0.0497. The molecule has 0 bridgehead atoms. The molecule has 1 saturated carbocycles. The summed E-state index contributed by atoms with van der Waals surface area (Å²) in [5.41, 5.74) is 4.41. The first-order chi connectivity index (χ1) is 16.5. The van der Waals surface area contributed by atoms with Gasteiger partial charge in [-0.25, -0.2) is 4.79 Å². The number of carboxylic acid groups (broad SMARTS) is 1. The van der Waals surface area contributed by atoms with E-state index < -0.39 is 30.6 Å². The normalized spacial score (nSPS) is 15.6. The molecule has 0 heterocycles. The number of rotatable bonds is 8. The van der Waals surface area contributed by atoms with E-state index in [2.05, 4.69) is 23.4 Å². The molecular weight excluding hydrogens is 432 g/mol. The van der Waals surface area contributed by atoms with Crippen molar-refractivity contribution in [2.45, 2.75) is 50.1 Å². The minimum atomic E-state index is -1.10. The molecule has 2 aliphatic rings. The molecule has 1 unspecified atom stereocenters. The van der Waals surface area contributed by atoms with Gasteiger partial charge in [-0.2, -0.15) is 0 Å². The van der Waals surface area contributed by atoms with Crippen LogP contribution in [-0.2, 0) is 14.3 Å². The van der Waals surface area contributed by atoms with Crippen molar-refractivity contribution in [3.8, 4) is 23.5 Å². The number of hydrogen-bond donors (Lipinski definition) is 2. The van der Waals surface area contributed by atoms with Crippen LogP contribution in [0.15, 0.2) is 48.5 Å². The van der Waals surface area contributed by atoms with Gasteiger partial charge in [-0.1, -0.05) is 61.4 Å². The average Bonchev–Trinajstić information content (AvgIpc) is 3.47. The van der Waals surface area contributed by atoms with Crippen molar-refractivity contribution in [2.24, 2.45) is 0 Å². The second-order valence-corrected chi connectivity index (χ2v) is 8.73. The van der Waals surface area contributed by atoms with Crippen LogP contribution >= 0.6 is 0 Å². The number of terminal acetylenes is 1. The maximum atomic E-state index is 13.2. The van der Waals surface area contributed by atoms with Gasteiger partial charge in [0.2, 0.25) is 5.91 Å². The Balaban J connectivity index is 1.44. The largest absolute Gasteiger partial charge is 0.480 e. The van der Waals surface area contributed by atoms with Gasteiger partial charge in [0.25, 0.3) is 0 Å². The summed E-state index contributed by atoms with van der Waals surface area (Å²) < 4.78 is 5.55. The lowest BCUT2D eigenvalue weighted by molar-refractivity contribution is -0.147. The molecule has 7 heteroatoms. The van der Waals surface area contributed by atoms with Gasteiger partial charge in [-0.05, 0) is 35.1 Å². The molecule has 0 saturated heterocycles. The quantitative estimate of drug-likeness (QED) is 0.585.